The zero-order valence-electron chi connectivity index (χ0n) is 16.7. The summed E-state index contributed by atoms with van der Waals surface area (Å²) in [5.74, 6) is -1.22. The number of barbiturate groups is 1. The Morgan fingerprint density at radius 3 is 2.47 bits per heavy atom. The minimum Gasteiger partial charge on any atom is -0.316 e. The number of hydrogen-bond acceptors (Lipinski definition) is 3. The fraction of sp³-hybridized carbons (Fsp3) is 0.318. The van der Waals surface area contributed by atoms with E-state index in [2.05, 4.69) is 5.32 Å². The molecule has 4 amide bonds. The standard InChI is InChI=1S/C22H21Cl2N3O3/c1-12-9-14(13(2)26(12)19-11-15(23)7-8-18(19)24)10-17-20(28)25-22(30)27(21(17)29)16-5-3-4-6-16/h7-11,16H,3-6H2,1-2H3,(H,25,28,30)/b17-10+. The Bertz CT molecular complexity index is 1100. The maximum atomic E-state index is 13.0. The molecule has 0 atom stereocenters. The Labute approximate surface area is 184 Å². The minimum absolute atomic E-state index is 0.0426. The van der Waals surface area contributed by atoms with Crippen molar-refractivity contribution in [1.29, 1.82) is 0 Å². The zero-order valence-corrected chi connectivity index (χ0v) is 18.2. The molecule has 1 aliphatic carbocycles. The van der Waals surface area contributed by atoms with Crippen LogP contribution in [0.2, 0.25) is 10.0 Å². The zero-order chi connectivity index (χ0) is 21.6. The van der Waals surface area contributed by atoms with Gasteiger partial charge in [0.2, 0.25) is 0 Å². The molecule has 156 valence electrons. The lowest BCUT2D eigenvalue weighted by molar-refractivity contribution is -0.131. The third-order valence-electron chi connectivity index (χ3n) is 5.74. The molecule has 1 aliphatic heterocycles. The number of urea groups is 1. The normalized spacial score (nSPS) is 19.1. The van der Waals surface area contributed by atoms with Crippen molar-refractivity contribution < 1.29 is 14.4 Å². The van der Waals surface area contributed by atoms with Gasteiger partial charge in [0.25, 0.3) is 11.8 Å². The molecule has 1 aromatic carbocycles. The molecule has 6 nitrogen and oxygen atoms in total. The molecule has 8 heteroatoms. The smallest absolute Gasteiger partial charge is 0.316 e. The fourth-order valence-corrected chi connectivity index (χ4v) is 4.65. The van der Waals surface area contributed by atoms with E-state index in [1.165, 1.54) is 4.90 Å². The van der Waals surface area contributed by atoms with Crippen LogP contribution in [0.15, 0.2) is 29.8 Å². The van der Waals surface area contributed by atoms with Gasteiger partial charge in [-0.3, -0.25) is 19.8 Å². The summed E-state index contributed by atoms with van der Waals surface area (Å²) in [7, 11) is 0. The van der Waals surface area contributed by atoms with E-state index in [9.17, 15) is 14.4 Å². The van der Waals surface area contributed by atoms with Crippen molar-refractivity contribution in [2.75, 3.05) is 0 Å². The van der Waals surface area contributed by atoms with Crippen molar-refractivity contribution in [3.63, 3.8) is 0 Å². The van der Waals surface area contributed by atoms with Crippen LogP contribution < -0.4 is 5.32 Å². The summed E-state index contributed by atoms with van der Waals surface area (Å²) in [6.07, 6.45) is 5.01. The lowest BCUT2D eigenvalue weighted by atomic mass is 10.1. The highest BCUT2D eigenvalue weighted by Gasteiger charge is 2.40. The first-order valence-electron chi connectivity index (χ1n) is 9.83. The van der Waals surface area contributed by atoms with Crippen LogP contribution in [0.4, 0.5) is 4.79 Å². The summed E-state index contributed by atoms with van der Waals surface area (Å²) in [6, 6.07) is 6.27. The van der Waals surface area contributed by atoms with Gasteiger partial charge in [-0.05, 0) is 62.6 Å². The van der Waals surface area contributed by atoms with Crippen molar-refractivity contribution in [2.45, 2.75) is 45.6 Å². The molecule has 2 fully saturated rings. The van der Waals surface area contributed by atoms with E-state index in [1.54, 1.807) is 24.3 Å². The summed E-state index contributed by atoms with van der Waals surface area (Å²) in [4.78, 5) is 39.0. The highest BCUT2D eigenvalue weighted by atomic mass is 35.5. The average molecular weight is 446 g/mol. The van der Waals surface area contributed by atoms with Gasteiger partial charge in [-0.2, -0.15) is 0 Å². The SMILES string of the molecule is Cc1cc(/C=C2\C(=O)NC(=O)N(C3CCCC3)C2=O)c(C)n1-c1cc(Cl)ccc1Cl. The third kappa shape index (κ3) is 3.55. The van der Waals surface area contributed by atoms with Crippen molar-refractivity contribution in [3.05, 3.63) is 56.8 Å². The molecule has 1 aromatic heterocycles. The van der Waals surface area contributed by atoms with Crippen LogP contribution in [0.25, 0.3) is 11.8 Å². The predicted octanol–water partition coefficient (Wildman–Crippen LogP) is 4.81. The Morgan fingerprint density at radius 2 is 1.77 bits per heavy atom. The van der Waals surface area contributed by atoms with Crippen molar-refractivity contribution in [1.82, 2.24) is 14.8 Å². The minimum atomic E-state index is -0.676. The second-order valence-corrected chi connectivity index (χ2v) is 8.53. The number of halogens is 2. The maximum absolute atomic E-state index is 13.0. The van der Waals surface area contributed by atoms with Gasteiger partial charge in [-0.25, -0.2) is 4.79 Å². The first kappa shape index (κ1) is 20.7. The van der Waals surface area contributed by atoms with Gasteiger partial charge < -0.3 is 4.57 Å². The molecular formula is C22H21Cl2N3O3. The highest BCUT2D eigenvalue weighted by molar-refractivity contribution is 6.34. The van der Waals surface area contributed by atoms with Crippen molar-refractivity contribution >= 4 is 47.1 Å². The Hall–Kier alpha value is -2.57. The Balaban J connectivity index is 1.75. The quantitative estimate of drug-likeness (QED) is 0.544. The molecule has 30 heavy (non-hydrogen) atoms. The maximum Gasteiger partial charge on any atom is 0.331 e. The van der Waals surface area contributed by atoms with Gasteiger partial charge in [-0.1, -0.05) is 36.0 Å². The molecule has 2 aromatic rings. The Morgan fingerprint density at radius 1 is 1.07 bits per heavy atom. The molecule has 0 radical (unpaired) electrons. The molecular weight excluding hydrogens is 425 g/mol. The molecule has 0 unspecified atom stereocenters. The number of rotatable bonds is 3. The summed E-state index contributed by atoms with van der Waals surface area (Å²) in [5.41, 5.74) is 3.04. The molecule has 1 saturated heterocycles. The second-order valence-electron chi connectivity index (χ2n) is 7.69. The van der Waals surface area contributed by atoms with Crippen LogP contribution in [0.3, 0.4) is 0 Å². The number of aromatic nitrogens is 1. The van der Waals surface area contributed by atoms with Crippen LogP contribution in [-0.2, 0) is 9.59 Å². The molecule has 0 spiro atoms. The van der Waals surface area contributed by atoms with Crippen LogP contribution in [0.1, 0.15) is 42.6 Å². The number of nitrogens with one attached hydrogen (secondary N) is 1. The van der Waals surface area contributed by atoms with Crippen molar-refractivity contribution in [2.24, 2.45) is 0 Å². The number of aryl methyl sites for hydroxylation is 1. The number of hydrogen-bond donors (Lipinski definition) is 1. The lowest BCUT2D eigenvalue weighted by Gasteiger charge is -2.31. The largest absolute Gasteiger partial charge is 0.331 e. The van der Waals surface area contributed by atoms with Gasteiger partial charge >= 0.3 is 6.03 Å². The molecule has 1 N–H and O–H groups in total. The van der Waals surface area contributed by atoms with E-state index in [0.717, 1.165) is 37.1 Å². The fourth-order valence-electron chi connectivity index (χ4n) is 4.28. The topological polar surface area (TPSA) is 71.4 Å². The number of benzene rings is 1. The second kappa shape index (κ2) is 7.93. The average Bonchev–Trinajstić information content (AvgIpc) is 3.29. The number of imide groups is 2. The predicted molar refractivity (Wildman–Crippen MR) is 116 cm³/mol. The number of amides is 4. The molecule has 2 aliphatic rings. The summed E-state index contributed by atoms with van der Waals surface area (Å²) < 4.78 is 1.92. The van der Waals surface area contributed by atoms with E-state index >= 15 is 0 Å². The van der Waals surface area contributed by atoms with Gasteiger partial charge in [0.1, 0.15) is 5.57 Å². The summed E-state index contributed by atoms with van der Waals surface area (Å²) in [5, 5.41) is 3.39. The molecule has 2 heterocycles. The first-order chi connectivity index (χ1) is 14.3. The van der Waals surface area contributed by atoms with Gasteiger partial charge in [-0.15, -0.1) is 0 Å². The monoisotopic (exact) mass is 445 g/mol. The van der Waals surface area contributed by atoms with E-state index in [-0.39, 0.29) is 11.6 Å². The van der Waals surface area contributed by atoms with E-state index in [1.807, 2.05) is 24.5 Å². The van der Waals surface area contributed by atoms with Crippen LogP contribution in [0, 0.1) is 13.8 Å². The first-order valence-corrected chi connectivity index (χ1v) is 10.6. The van der Waals surface area contributed by atoms with Crippen LogP contribution >= 0.6 is 23.2 Å². The van der Waals surface area contributed by atoms with Crippen molar-refractivity contribution in [3.8, 4) is 5.69 Å². The lowest BCUT2D eigenvalue weighted by Crippen LogP contribution is -2.57. The van der Waals surface area contributed by atoms with E-state index in [4.69, 9.17) is 23.2 Å². The number of carbonyl (C=O) groups is 3. The third-order valence-corrected chi connectivity index (χ3v) is 6.30. The van der Waals surface area contributed by atoms with Gasteiger partial charge in [0, 0.05) is 22.5 Å². The highest BCUT2D eigenvalue weighted by Crippen LogP contribution is 2.31. The Kier molecular flexibility index (Phi) is 5.47. The molecule has 0 bridgehead atoms. The van der Waals surface area contributed by atoms with Gasteiger partial charge in [0.05, 0.1) is 10.7 Å². The van der Waals surface area contributed by atoms with Gasteiger partial charge in [0.15, 0.2) is 0 Å². The van der Waals surface area contributed by atoms with Crippen LogP contribution in [0.5, 0.6) is 0 Å². The number of nitrogens with zero attached hydrogens (tertiary/aromatic N) is 2. The number of carbonyl (C=O) groups excluding carboxylic acids is 3. The van der Waals surface area contributed by atoms with Crippen LogP contribution in [-0.4, -0.2) is 33.4 Å². The van der Waals surface area contributed by atoms with E-state index < -0.39 is 17.8 Å². The van der Waals surface area contributed by atoms with E-state index in [0.29, 0.717) is 21.3 Å². The summed E-state index contributed by atoms with van der Waals surface area (Å²) >= 11 is 12.5. The molecule has 4 rings (SSSR count). The molecule has 1 saturated carbocycles. The summed E-state index contributed by atoms with van der Waals surface area (Å²) in [6.45, 7) is 3.78.